The lowest BCUT2D eigenvalue weighted by Crippen LogP contribution is -2.28. The second kappa shape index (κ2) is 6.01. The predicted molar refractivity (Wildman–Crippen MR) is 74.2 cm³/mol. The zero-order chi connectivity index (χ0) is 13.9. The Labute approximate surface area is 114 Å². The summed E-state index contributed by atoms with van der Waals surface area (Å²) in [7, 11) is -2.84. The van der Waals surface area contributed by atoms with Gasteiger partial charge in [-0.1, -0.05) is 25.1 Å². The third-order valence-corrected chi connectivity index (χ3v) is 5.51. The molecular formula is C14H20FNO2S. The van der Waals surface area contributed by atoms with Crippen LogP contribution < -0.4 is 5.32 Å². The smallest absolute Gasteiger partial charge is 0.150 e. The van der Waals surface area contributed by atoms with Crippen LogP contribution in [0.25, 0.3) is 0 Å². The van der Waals surface area contributed by atoms with Gasteiger partial charge in [-0.15, -0.1) is 0 Å². The second-order valence-corrected chi connectivity index (χ2v) is 7.39. The van der Waals surface area contributed by atoms with E-state index in [4.69, 9.17) is 0 Å². The quantitative estimate of drug-likeness (QED) is 0.903. The first-order valence-electron chi connectivity index (χ1n) is 6.70. The molecular weight excluding hydrogens is 265 g/mol. The molecule has 0 aliphatic carbocycles. The molecule has 0 amide bonds. The first-order valence-corrected chi connectivity index (χ1v) is 8.52. The highest BCUT2D eigenvalue weighted by atomic mass is 32.2. The summed E-state index contributed by atoms with van der Waals surface area (Å²) >= 11 is 0. The van der Waals surface area contributed by atoms with Gasteiger partial charge in [0.05, 0.1) is 11.5 Å². The highest BCUT2D eigenvalue weighted by molar-refractivity contribution is 7.91. The summed E-state index contributed by atoms with van der Waals surface area (Å²) < 4.78 is 36.5. The van der Waals surface area contributed by atoms with Gasteiger partial charge in [0.15, 0.2) is 9.84 Å². The fraction of sp³-hybridized carbons (Fsp3) is 0.571. The molecule has 2 atom stereocenters. The van der Waals surface area contributed by atoms with Crippen molar-refractivity contribution in [1.29, 1.82) is 0 Å². The number of rotatable bonds is 5. The van der Waals surface area contributed by atoms with Crippen molar-refractivity contribution >= 4 is 9.84 Å². The fourth-order valence-electron chi connectivity index (χ4n) is 2.57. The van der Waals surface area contributed by atoms with Crippen LogP contribution in [0.2, 0.25) is 0 Å². The highest BCUT2D eigenvalue weighted by Gasteiger charge is 2.28. The average Bonchev–Trinajstić information content (AvgIpc) is 2.72. The van der Waals surface area contributed by atoms with Crippen LogP contribution in [-0.2, 0) is 9.84 Å². The minimum absolute atomic E-state index is 0.0514. The monoisotopic (exact) mass is 285 g/mol. The number of hydrogen-bond acceptors (Lipinski definition) is 3. The summed E-state index contributed by atoms with van der Waals surface area (Å²) in [5, 5.41) is 3.30. The third-order valence-electron chi connectivity index (χ3n) is 3.67. The van der Waals surface area contributed by atoms with Gasteiger partial charge in [0.2, 0.25) is 0 Å². The molecule has 1 aliphatic rings. The standard InChI is InChI=1S/C14H20FNO2S/c1-2-14(12-5-3-4-6-13(12)15)16-9-11-7-8-19(17,18)10-11/h3-6,11,14,16H,2,7-10H2,1H3. The van der Waals surface area contributed by atoms with E-state index in [1.54, 1.807) is 12.1 Å². The summed E-state index contributed by atoms with van der Waals surface area (Å²) in [4.78, 5) is 0. The van der Waals surface area contributed by atoms with Gasteiger partial charge in [-0.25, -0.2) is 12.8 Å². The highest BCUT2D eigenvalue weighted by Crippen LogP contribution is 2.22. The SMILES string of the molecule is CCC(NCC1CCS(=O)(=O)C1)c1ccccc1F. The first-order chi connectivity index (χ1) is 9.02. The maximum atomic E-state index is 13.7. The summed E-state index contributed by atoms with van der Waals surface area (Å²) in [5.41, 5.74) is 0.658. The van der Waals surface area contributed by atoms with Crippen molar-refractivity contribution < 1.29 is 12.8 Å². The van der Waals surface area contributed by atoms with Crippen LogP contribution in [0.1, 0.15) is 31.4 Å². The van der Waals surface area contributed by atoms with E-state index in [0.29, 0.717) is 18.5 Å². The molecule has 5 heteroatoms. The lowest BCUT2D eigenvalue weighted by molar-refractivity contribution is 0.437. The molecule has 2 rings (SSSR count). The van der Waals surface area contributed by atoms with E-state index in [0.717, 1.165) is 6.42 Å². The van der Waals surface area contributed by atoms with Gasteiger partial charge >= 0.3 is 0 Å². The Morgan fingerprint density at radius 2 is 2.16 bits per heavy atom. The average molecular weight is 285 g/mol. The van der Waals surface area contributed by atoms with Gasteiger partial charge in [0.1, 0.15) is 5.82 Å². The largest absolute Gasteiger partial charge is 0.310 e. The van der Waals surface area contributed by atoms with Gasteiger partial charge < -0.3 is 5.32 Å². The number of hydrogen-bond donors (Lipinski definition) is 1. The van der Waals surface area contributed by atoms with Crippen molar-refractivity contribution in [3.63, 3.8) is 0 Å². The van der Waals surface area contributed by atoms with Crippen LogP contribution >= 0.6 is 0 Å². The second-order valence-electron chi connectivity index (χ2n) is 5.16. The summed E-state index contributed by atoms with van der Waals surface area (Å²) in [6.07, 6.45) is 1.49. The Balaban J connectivity index is 1.96. The van der Waals surface area contributed by atoms with E-state index >= 15 is 0 Å². The summed E-state index contributed by atoms with van der Waals surface area (Å²) in [6.45, 7) is 2.63. The summed E-state index contributed by atoms with van der Waals surface area (Å²) in [5.74, 6) is 0.496. The van der Waals surface area contributed by atoms with Crippen LogP contribution in [0.5, 0.6) is 0 Å². The van der Waals surface area contributed by atoms with Gasteiger partial charge in [0, 0.05) is 11.6 Å². The maximum Gasteiger partial charge on any atom is 0.150 e. The number of nitrogens with one attached hydrogen (secondary N) is 1. The molecule has 3 nitrogen and oxygen atoms in total. The van der Waals surface area contributed by atoms with E-state index in [-0.39, 0.29) is 29.3 Å². The normalized spacial score (nSPS) is 23.4. The molecule has 1 heterocycles. The molecule has 1 fully saturated rings. The molecule has 19 heavy (non-hydrogen) atoms. The van der Waals surface area contributed by atoms with Crippen molar-refractivity contribution in [2.75, 3.05) is 18.1 Å². The molecule has 1 aromatic rings. The molecule has 0 bridgehead atoms. The van der Waals surface area contributed by atoms with Crippen LogP contribution in [0, 0.1) is 11.7 Å². The molecule has 1 N–H and O–H groups in total. The zero-order valence-corrected chi connectivity index (χ0v) is 11.9. The molecule has 0 aromatic heterocycles. The van der Waals surface area contributed by atoms with E-state index in [1.807, 2.05) is 13.0 Å². The Bertz CT molecular complexity index is 530. The lowest BCUT2D eigenvalue weighted by Gasteiger charge is -2.20. The molecule has 0 spiro atoms. The number of benzene rings is 1. The van der Waals surface area contributed by atoms with E-state index < -0.39 is 9.84 Å². The lowest BCUT2D eigenvalue weighted by atomic mass is 10.0. The molecule has 0 saturated carbocycles. The molecule has 1 aromatic carbocycles. The predicted octanol–water partition coefficient (Wildman–Crippen LogP) is 2.30. The molecule has 1 saturated heterocycles. The van der Waals surface area contributed by atoms with Crippen molar-refractivity contribution in [3.8, 4) is 0 Å². The zero-order valence-electron chi connectivity index (χ0n) is 11.1. The molecule has 106 valence electrons. The van der Waals surface area contributed by atoms with Gasteiger partial charge in [-0.2, -0.15) is 0 Å². The minimum atomic E-state index is -2.84. The third kappa shape index (κ3) is 3.76. The van der Waals surface area contributed by atoms with Crippen LogP contribution in [0.4, 0.5) is 4.39 Å². The van der Waals surface area contributed by atoms with Gasteiger partial charge in [0.25, 0.3) is 0 Å². The molecule has 2 unspecified atom stereocenters. The van der Waals surface area contributed by atoms with Gasteiger partial charge in [-0.05, 0) is 31.4 Å². The maximum absolute atomic E-state index is 13.7. The van der Waals surface area contributed by atoms with Crippen molar-refractivity contribution in [2.24, 2.45) is 5.92 Å². The molecule has 0 radical (unpaired) electrons. The van der Waals surface area contributed by atoms with Crippen molar-refractivity contribution in [3.05, 3.63) is 35.6 Å². The van der Waals surface area contributed by atoms with Gasteiger partial charge in [-0.3, -0.25) is 0 Å². The number of sulfone groups is 1. The Morgan fingerprint density at radius 1 is 1.42 bits per heavy atom. The number of halogens is 1. The Morgan fingerprint density at radius 3 is 2.74 bits per heavy atom. The van der Waals surface area contributed by atoms with Crippen LogP contribution in [0.3, 0.4) is 0 Å². The molecule has 1 aliphatic heterocycles. The first kappa shape index (κ1) is 14.5. The Hall–Kier alpha value is -0.940. The van der Waals surface area contributed by atoms with E-state index in [9.17, 15) is 12.8 Å². The van der Waals surface area contributed by atoms with E-state index in [2.05, 4.69) is 5.32 Å². The minimum Gasteiger partial charge on any atom is -0.310 e. The van der Waals surface area contributed by atoms with Crippen LogP contribution in [0.15, 0.2) is 24.3 Å². The Kier molecular flexibility index (Phi) is 4.58. The van der Waals surface area contributed by atoms with Crippen molar-refractivity contribution in [1.82, 2.24) is 5.32 Å². The van der Waals surface area contributed by atoms with Crippen LogP contribution in [-0.4, -0.2) is 26.5 Å². The summed E-state index contributed by atoms with van der Waals surface area (Å²) in [6, 6.07) is 6.68. The van der Waals surface area contributed by atoms with E-state index in [1.165, 1.54) is 6.07 Å². The topological polar surface area (TPSA) is 46.2 Å². The fourth-order valence-corrected chi connectivity index (χ4v) is 4.44. The van der Waals surface area contributed by atoms with Crippen molar-refractivity contribution in [2.45, 2.75) is 25.8 Å².